The molecule has 6 heteroatoms. The fourth-order valence-electron chi connectivity index (χ4n) is 2.30. The van der Waals surface area contributed by atoms with Crippen molar-refractivity contribution in [2.24, 2.45) is 5.41 Å². The van der Waals surface area contributed by atoms with Crippen molar-refractivity contribution in [3.05, 3.63) is 0 Å². The van der Waals surface area contributed by atoms with Crippen LogP contribution in [0.1, 0.15) is 40.0 Å². The van der Waals surface area contributed by atoms with Crippen LogP contribution in [0.3, 0.4) is 0 Å². The summed E-state index contributed by atoms with van der Waals surface area (Å²) in [7, 11) is 0. The molecule has 6 nitrogen and oxygen atoms in total. The minimum absolute atomic E-state index is 0.0823. The van der Waals surface area contributed by atoms with E-state index >= 15 is 0 Å². The lowest BCUT2D eigenvalue weighted by Crippen LogP contribution is -2.52. The molecule has 1 rings (SSSR count). The minimum atomic E-state index is -1.17. The van der Waals surface area contributed by atoms with Gasteiger partial charge in [0.25, 0.3) is 0 Å². The molecular formula is C15H22N2O4. The van der Waals surface area contributed by atoms with Crippen LogP contribution in [0.2, 0.25) is 0 Å². The first-order chi connectivity index (χ1) is 9.68. The van der Waals surface area contributed by atoms with Gasteiger partial charge in [-0.05, 0) is 12.8 Å². The number of terminal acetylenes is 1. The lowest BCUT2D eigenvalue weighted by molar-refractivity contribution is -0.146. The maximum Gasteiger partial charge on any atom is 0.327 e. The molecule has 0 aromatic rings. The third-order valence-corrected chi connectivity index (χ3v) is 3.39. The van der Waals surface area contributed by atoms with E-state index in [1.165, 1.54) is 4.90 Å². The Hall–Kier alpha value is -2.03. The first-order valence-corrected chi connectivity index (χ1v) is 6.96. The van der Waals surface area contributed by atoms with Gasteiger partial charge in [0, 0.05) is 18.4 Å². The van der Waals surface area contributed by atoms with E-state index in [4.69, 9.17) is 11.5 Å². The highest BCUT2D eigenvalue weighted by Crippen LogP contribution is 2.25. The molecule has 0 aliphatic carbocycles. The average Bonchev–Trinajstić information content (AvgIpc) is 2.84. The Morgan fingerprint density at radius 1 is 1.43 bits per heavy atom. The molecule has 2 amide bonds. The molecule has 0 saturated carbocycles. The molecule has 0 aromatic carbocycles. The summed E-state index contributed by atoms with van der Waals surface area (Å²) in [5, 5.41) is 11.4. The van der Waals surface area contributed by atoms with Crippen LogP contribution in [-0.2, 0) is 14.4 Å². The SMILES string of the molecule is C#CCC(NC(=O)C1CCCN1C(=O)C(C)(C)C)C(=O)O. The van der Waals surface area contributed by atoms with Crippen molar-refractivity contribution in [1.29, 1.82) is 0 Å². The normalized spacial score (nSPS) is 19.7. The Morgan fingerprint density at radius 2 is 2.05 bits per heavy atom. The highest BCUT2D eigenvalue weighted by atomic mass is 16.4. The van der Waals surface area contributed by atoms with Crippen LogP contribution in [0.5, 0.6) is 0 Å². The van der Waals surface area contributed by atoms with Crippen LogP contribution in [-0.4, -0.2) is 46.4 Å². The number of nitrogens with zero attached hydrogens (tertiary/aromatic N) is 1. The largest absolute Gasteiger partial charge is 0.480 e. The standard InChI is InChI=1S/C15H22N2O4/c1-5-7-10(13(19)20)16-12(18)11-8-6-9-17(11)14(21)15(2,3)4/h1,10-11H,6-9H2,2-4H3,(H,16,18)(H,19,20). The summed E-state index contributed by atoms with van der Waals surface area (Å²) in [5.74, 6) is 0.495. The highest BCUT2D eigenvalue weighted by Gasteiger charge is 2.39. The van der Waals surface area contributed by atoms with Crippen LogP contribution in [0.4, 0.5) is 0 Å². The quantitative estimate of drug-likeness (QED) is 0.744. The Kier molecular flexibility index (Phi) is 5.36. The van der Waals surface area contributed by atoms with Crippen molar-refractivity contribution in [1.82, 2.24) is 10.2 Å². The van der Waals surface area contributed by atoms with Crippen molar-refractivity contribution in [3.63, 3.8) is 0 Å². The van der Waals surface area contributed by atoms with Gasteiger partial charge >= 0.3 is 5.97 Å². The van der Waals surface area contributed by atoms with Crippen molar-refractivity contribution >= 4 is 17.8 Å². The van der Waals surface area contributed by atoms with Gasteiger partial charge in [0.15, 0.2) is 0 Å². The molecule has 2 N–H and O–H groups in total. The monoisotopic (exact) mass is 294 g/mol. The number of carbonyl (C=O) groups is 3. The number of carboxylic acids is 1. The predicted octanol–water partition coefficient (Wildman–Crippen LogP) is 0.616. The van der Waals surface area contributed by atoms with Gasteiger partial charge in [0.1, 0.15) is 12.1 Å². The summed E-state index contributed by atoms with van der Waals surface area (Å²) in [6, 6.07) is -1.73. The summed E-state index contributed by atoms with van der Waals surface area (Å²) < 4.78 is 0. The molecule has 1 aliphatic heterocycles. The zero-order valence-corrected chi connectivity index (χ0v) is 12.7. The molecule has 2 atom stereocenters. The fraction of sp³-hybridized carbons (Fsp3) is 0.667. The molecule has 1 heterocycles. The van der Waals surface area contributed by atoms with E-state index in [9.17, 15) is 14.4 Å². The van der Waals surface area contributed by atoms with Gasteiger partial charge in [0.2, 0.25) is 11.8 Å². The second-order valence-corrected chi connectivity index (χ2v) is 6.21. The maximum absolute atomic E-state index is 12.3. The van der Waals surface area contributed by atoms with Gasteiger partial charge in [-0.2, -0.15) is 0 Å². The van der Waals surface area contributed by atoms with Crippen LogP contribution >= 0.6 is 0 Å². The topological polar surface area (TPSA) is 86.7 Å². The van der Waals surface area contributed by atoms with E-state index in [0.29, 0.717) is 13.0 Å². The van der Waals surface area contributed by atoms with Crippen LogP contribution in [0.25, 0.3) is 0 Å². The lowest BCUT2D eigenvalue weighted by atomic mass is 9.94. The molecular weight excluding hydrogens is 272 g/mol. The third-order valence-electron chi connectivity index (χ3n) is 3.39. The molecule has 2 unspecified atom stereocenters. The highest BCUT2D eigenvalue weighted by molar-refractivity contribution is 5.92. The lowest BCUT2D eigenvalue weighted by Gasteiger charge is -2.30. The fourth-order valence-corrected chi connectivity index (χ4v) is 2.30. The number of carbonyl (C=O) groups excluding carboxylic acids is 2. The molecule has 0 spiro atoms. The molecule has 1 aliphatic rings. The van der Waals surface area contributed by atoms with Gasteiger partial charge in [-0.15, -0.1) is 12.3 Å². The predicted molar refractivity (Wildman–Crippen MR) is 77.2 cm³/mol. The van der Waals surface area contributed by atoms with E-state index in [0.717, 1.165) is 6.42 Å². The van der Waals surface area contributed by atoms with Crippen molar-refractivity contribution in [2.45, 2.75) is 52.1 Å². The van der Waals surface area contributed by atoms with Crippen LogP contribution in [0, 0.1) is 17.8 Å². The van der Waals surface area contributed by atoms with Crippen LogP contribution < -0.4 is 5.32 Å². The van der Waals surface area contributed by atoms with Crippen LogP contribution in [0.15, 0.2) is 0 Å². The number of amides is 2. The first-order valence-electron chi connectivity index (χ1n) is 6.96. The Labute approximate surface area is 124 Å². The molecule has 0 radical (unpaired) electrons. The Bertz CT molecular complexity index is 473. The first kappa shape index (κ1) is 17.0. The molecule has 0 bridgehead atoms. The molecule has 1 saturated heterocycles. The third kappa shape index (κ3) is 4.22. The van der Waals surface area contributed by atoms with Crippen molar-refractivity contribution < 1.29 is 19.5 Å². The van der Waals surface area contributed by atoms with Crippen molar-refractivity contribution in [3.8, 4) is 12.3 Å². The van der Waals surface area contributed by atoms with E-state index in [-0.39, 0.29) is 12.3 Å². The number of aliphatic carboxylic acids is 1. The summed E-state index contributed by atoms with van der Waals surface area (Å²) in [6.45, 7) is 5.89. The van der Waals surface area contributed by atoms with E-state index in [2.05, 4.69) is 11.2 Å². The molecule has 0 aromatic heterocycles. The van der Waals surface area contributed by atoms with E-state index in [1.54, 1.807) is 20.8 Å². The van der Waals surface area contributed by atoms with E-state index in [1.807, 2.05) is 0 Å². The average molecular weight is 294 g/mol. The number of nitrogens with one attached hydrogen (secondary N) is 1. The zero-order valence-electron chi connectivity index (χ0n) is 12.7. The van der Waals surface area contributed by atoms with Gasteiger partial charge in [0.05, 0.1) is 0 Å². The van der Waals surface area contributed by atoms with Gasteiger partial charge in [-0.1, -0.05) is 20.8 Å². The smallest absolute Gasteiger partial charge is 0.327 e. The maximum atomic E-state index is 12.3. The minimum Gasteiger partial charge on any atom is -0.480 e. The summed E-state index contributed by atoms with van der Waals surface area (Å²) >= 11 is 0. The van der Waals surface area contributed by atoms with Gasteiger partial charge in [-0.3, -0.25) is 9.59 Å². The van der Waals surface area contributed by atoms with E-state index < -0.39 is 29.4 Å². The van der Waals surface area contributed by atoms with Gasteiger partial charge < -0.3 is 15.3 Å². The number of hydrogen-bond donors (Lipinski definition) is 2. The molecule has 21 heavy (non-hydrogen) atoms. The summed E-state index contributed by atoms with van der Waals surface area (Å²) in [6.07, 6.45) is 6.28. The zero-order chi connectivity index (χ0) is 16.2. The Balaban J connectivity index is 2.79. The van der Waals surface area contributed by atoms with Gasteiger partial charge in [-0.25, -0.2) is 4.79 Å². The Morgan fingerprint density at radius 3 is 2.52 bits per heavy atom. The number of rotatable bonds is 4. The number of carboxylic acid groups (broad SMARTS) is 1. The molecule has 116 valence electrons. The second-order valence-electron chi connectivity index (χ2n) is 6.21. The number of hydrogen-bond acceptors (Lipinski definition) is 3. The summed E-state index contributed by atoms with van der Waals surface area (Å²) in [4.78, 5) is 37.1. The van der Waals surface area contributed by atoms with Crippen molar-refractivity contribution in [2.75, 3.05) is 6.54 Å². The second kappa shape index (κ2) is 6.61. The number of likely N-dealkylation sites (tertiary alicyclic amines) is 1. The molecule has 1 fully saturated rings. The summed E-state index contributed by atoms with van der Waals surface area (Å²) in [5.41, 5.74) is -0.576.